The van der Waals surface area contributed by atoms with Crippen LogP contribution < -0.4 is 4.73 Å². The van der Waals surface area contributed by atoms with Crippen molar-refractivity contribution >= 4 is 20.9 Å². The highest BCUT2D eigenvalue weighted by molar-refractivity contribution is 7.90. The fourth-order valence-electron chi connectivity index (χ4n) is 2.90. The van der Waals surface area contributed by atoms with Crippen molar-refractivity contribution in [2.45, 2.75) is 4.90 Å². The first-order valence-corrected chi connectivity index (χ1v) is 9.12. The Bertz CT molecular complexity index is 1170. The van der Waals surface area contributed by atoms with Crippen LogP contribution in [0.25, 0.3) is 22.2 Å². The van der Waals surface area contributed by atoms with Gasteiger partial charge in [-0.1, -0.05) is 36.4 Å². The molecule has 25 heavy (non-hydrogen) atoms. The van der Waals surface area contributed by atoms with Gasteiger partial charge in [0.2, 0.25) is 5.69 Å². The second kappa shape index (κ2) is 5.75. The predicted molar refractivity (Wildman–Crippen MR) is 95.4 cm³/mol. The van der Waals surface area contributed by atoms with E-state index in [1.54, 1.807) is 60.7 Å². The van der Waals surface area contributed by atoms with E-state index in [2.05, 4.69) is 0 Å². The third-order valence-corrected chi connectivity index (χ3v) is 5.77. The Kier molecular flexibility index (Phi) is 3.54. The first-order valence-electron chi connectivity index (χ1n) is 7.68. The van der Waals surface area contributed by atoms with Crippen LogP contribution in [0.1, 0.15) is 0 Å². The molecule has 5 nitrogen and oxygen atoms in total. The third kappa shape index (κ3) is 2.47. The van der Waals surface area contributed by atoms with E-state index in [1.165, 1.54) is 16.4 Å². The molecule has 0 bridgehead atoms. The van der Waals surface area contributed by atoms with E-state index in [4.69, 9.17) is 0 Å². The molecule has 0 unspecified atom stereocenters. The van der Waals surface area contributed by atoms with Crippen molar-refractivity contribution in [3.8, 4) is 11.3 Å². The zero-order valence-corrected chi connectivity index (χ0v) is 13.9. The summed E-state index contributed by atoms with van der Waals surface area (Å²) >= 11 is 0. The highest BCUT2D eigenvalue weighted by Gasteiger charge is 2.23. The molecule has 2 aromatic carbocycles. The lowest BCUT2D eigenvalue weighted by Gasteiger charge is -2.07. The molecule has 6 heteroatoms. The fraction of sp³-hybridized carbons (Fsp3) is 0. The molecule has 2 heterocycles. The number of pyridine rings is 1. The normalized spacial score (nSPS) is 11.7. The van der Waals surface area contributed by atoms with Crippen LogP contribution in [0.15, 0.2) is 90.1 Å². The largest absolute Gasteiger partial charge is 0.618 e. The number of nitrogens with zero attached hydrogens (tertiary/aromatic N) is 2. The van der Waals surface area contributed by atoms with Gasteiger partial charge in [0.25, 0.3) is 10.0 Å². The van der Waals surface area contributed by atoms with Gasteiger partial charge in [-0.25, -0.2) is 12.4 Å². The van der Waals surface area contributed by atoms with E-state index in [1.807, 2.05) is 12.1 Å². The SMILES string of the molecule is O=S(=O)(c1ccccc1)n1cc(-c2cccc[n+]2[O-])c2ccccc21. The molecule has 2 aromatic heterocycles. The lowest BCUT2D eigenvalue weighted by molar-refractivity contribution is -0.593. The Morgan fingerprint density at radius 3 is 2.28 bits per heavy atom. The number of para-hydroxylation sites is 1. The summed E-state index contributed by atoms with van der Waals surface area (Å²) in [6.45, 7) is 0. The summed E-state index contributed by atoms with van der Waals surface area (Å²) in [7, 11) is -3.76. The molecule has 0 radical (unpaired) electrons. The minimum absolute atomic E-state index is 0.199. The molecule has 0 aliphatic rings. The fourth-order valence-corrected chi connectivity index (χ4v) is 4.29. The summed E-state index contributed by atoms with van der Waals surface area (Å²) in [4.78, 5) is 0.199. The highest BCUT2D eigenvalue weighted by Crippen LogP contribution is 2.31. The second-order valence-electron chi connectivity index (χ2n) is 5.59. The summed E-state index contributed by atoms with van der Waals surface area (Å²) in [5, 5.41) is 12.9. The Hall–Kier alpha value is -3.12. The number of fused-ring (bicyclic) bond motifs is 1. The number of hydrogen-bond donors (Lipinski definition) is 0. The maximum Gasteiger partial charge on any atom is 0.268 e. The highest BCUT2D eigenvalue weighted by atomic mass is 32.2. The smallest absolute Gasteiger partial charge is 0.268 e. The van der Waals surface area contributed by atoms with Crippen molar-refractivity contribution in [2.75, 3.05) is 0 Å². The van der Waals surface area contributed by atoms with Gasteiger partial charge in [-0.05, 0) is 24.3 Å². The van der Waals surface area contributed by atoms with Gasteiger partial charge >= 0.3 is 0 Å². The number of aromatic nitrogens is 2. The first kappa shape index (κ1) is 15.4. The predicted octanol–water partition coefficient (Wildman–Crippen LogP) is 3.18. The number of hydrogen-bond acceptors (Lipinski definition) is 3. The quantitative estimate of drug-likeness (QED) is 0.421. The van der Waals surface area contributed by atoms with Gasteiger partial charge in [0.1, 0.15) is 0 Å². The van der Waals surface area contributed by atoms with Crippen LogP contribution in [0, 0.1) is 5.21 Å². The summed E-state index contributed by atoms with van der Waals surface area (Å²) in [6.07, 6.45) is 2.91. The van der Waals surface area contributed by atoms with Gasteiger partial charge < -0.3 is 5.21 Å². The standard InChI is InChI=1S/C19H14N2O3S/c22-20-13-7-6-11-18(20)17-14-21(19-12-5-4-10-16(17)19)25(23,24)15-8-2-1-3-9-15/h1-14H. The van der Waals surface area contributed by atoms with Crippen molar-refractivity contribution in [1.82, 2.24) is 3.97 Å². The maximum absolute atomic E-state index is 13.1. The molecule has 4 rings (SSSR count). The Balaban J connectivity index is 2.03. The molecule has 0 N–H and O–H groups in total. The molecule has 0 aliphatic carbocycles. The molecule has 0 aliphatic heterocycles. The van der Waals surface area contributed by atoms with Crippen LogP contribution in [-0.4, -0.2) is 12.4 Å². The van der Waals surface area contributed by atoms with Gasteiger partial charge in [0.15, 0.2) is 6.20 Å². The molecule has 124 valence electrons. The van der Waals surface area contributed by atoms with E-state index in [9.17, 15) is 13.6 Å². The Morgan fingerprint density at radius 2 is 1.52 bits per heavy atom. The average Bonchev–Trinajstić information content (AvgIpc) is 3.03. The van der Waals surface area contributed by atoms with Crippen molar-refractivity contribution in [1.29, 1.82) is 0 Å². The van der Waals surface area contributed by atoms with Gasteiger partial charge in [0, 0.05) is 23.7 Å². The van der Waals surface area contributed by atoms with Crippen molar-refractivity contribution in [2.24, 2.45) is 0 Å². The van der Waals surface area contributed by atoms with Crippen LogP contribution in [0.4, 0.5) is 0 Å². The topological polar surface area (TPSA) is 66.0 Å². The van der Waals surface area contributed by atoms with Crippen molar-refractivity contribution < 1.29 is 13.1 Å². The molecule has 0 saturated carbocycles. The molecule has 0 atom stereocenters. The van der Waals surface area contributed by atoms with Crippen molar-refractivity contribution in [3.05, 3.63) is 90.4 Å². The van der Waals surface area contributed by atoms with E-state index in [0.29, 0.717) is 22.2 Å². The van der Waals surface area contributed by atoms with Crippen LogP contribution in [0.2, 0.25) is 0 Å². The van der Waals surface area contributed by atoms with Gasteiger partial charge in [-0.2, -0.15) is 4.73 Å². The minimum atomic E-state index is -3.76. The minimum Gasteiger partial charge on any atom is -0.618 e. The number of rotatable bonds is 3. The average molecular weight is 350 g/mol. The lowest BCUT2D eigenvalue weighted by atomic mass is 10.1. The lowest BCUT2D eigenvalue weighted by Crippen LogP contribution is -2.27. The first-order chi connectivity index (χ1) is 12.1. The maximum atomic E-state index is 13.1. The monoisotopic (exact) mass is 350 g/mol. The molecular weight excluding hydrogens is 336 g/mol. The van der Waals surface area contributed by atoms with Crippen LogP contribution in [0.3, 0.4) is 0 Å². The van der Waals surface area contributed by atoms with Gasteiger partial charge in [-0.15, -0.1) is 0 Å². The van der Waals surface area contributed by atoms with E-state index in [0.717, 1.165) is 4.73 Å². The summed E-state index contributed by atoms with van der Waals surface area (Å²) in [5.41, 5.74) is 1.51. The van der Waals surface area contributed by atoms with Crippen LogP contribution in [-0.2, 0) is 10.0 Å². The number of benzene rings is 2. The summed E-state index contributed by atoms with van der Waals surface area (Å²) < 4.78 is 28.1. The molecule has 0 amide bonds. The molecule has 4 aromatic rings. The zero-order chi connectivity index (χ0) is 17.4. The molecule has 0 spiro atoms. The Morgan fingerprint density at radius 1 is 0.840 bits per heavy atom. The van der Waals surface area contributed by atoms with E-state index in [-0.39, 0.29) is 4.90 Å². The molecule has 0 saturated heterocycles. The second-order valence-corrected chi connectivity index (χ2v) is 7.40. The van der Waals surface area contributed by atoms with E-state index < -0.39 is 10.0 Å². The molecular formula is C19H14N2O3S. The van der Waals surface area contributed by atoms with Crippen LogP contribution in [0.5, 0.6) is 0 Å². The van der Waals surface area contributed by atoms with Gasteiger partial charge in [0.05, 0.1) is 16.0 Å². The zero-order valence-electron chi connectivity index (χ0n) is 13.1. The summed E-state index contributed by atoms with van der Waals surface area (Å²) in [6, 6.07) is 20.5. The van der Waals surface area contributed by atoms with Crippen LogP contribution >= 0.6 is 0 Å². The summed E-state index contributed by atoms with van der Waals surface area (Å²) in [5.74, 6) is 0. The van der Waals surface area contributed by atoms with E-state index >= 15 is 0 Å². The molecule has 0 fully saturated rings. The van der Waals surface area contributed by atoms with Gasteiger partial charge in [-0.3, -0.25) is 0 Å². The third-order valence-electron chi connectivity index (χ3n) is 4.08. The Labute approximate surface area is 145 Å². The van der Waals surface area contributed by atoms with Crippen molar-refractivity contribution in [3.63, 3.8) is 0 Å².